The fourth-order valence-electron chi connectivity index (χ4n) is 1.18. The van der Waals surface area contributed by atoms with Crippen molar-refractivity contribution in [2.24, 2.45) is 7.05 Å². The molecule has 0 aliphatic rings. The normalized spacial score (nSPS) is 12.8. The van der Waals surface area contributed by atoms with Gasteiger partial charge in [0.2, 0.25) is 0 Å². The van der Waals surface area contributed by atoms with Gasteiger partial charge in [0.1, 0.15) is 5.69 Å². The Balaban J connectivity index is 3.40. The van der Waals surface area contributed by atoms with Gasteiger partial charge in [-0.2, -0.15) is 0 Å². The fourth-order valence-corrected chi connectivity index (χ4v) is 1.18. The minimum absolute atomic E-state index is 0.00671. The molecule has 1 aromatic rings. The lowest BCUT2D eigenvalue weighted by atomic mass is 10.4. The van der Waals surface area contributed by atoms with Crippen molar-refractivity contribution in [3.8, 4) is 0 Å². The van der Waals surface area contributed by atoms with Crippen LogP contribution in [0.3, 0.4) is 0 Å². The SMILES string of the molecule is CC(O)Cn1c(=O)c(N)cn(C)c1=O. The molecular formula is C8H13N3O3. The largest absolute Gasteiger partial charge is 0.393 e. The molecule has 0 aliphatic heterocycles. The second kappa shape index (κ2) is 3.67. The molecule has 0 bridgehead atoms. The van der Waals surface area contributed by atoms with E-state index in [9.17, 15) is 9.59 Å². The van der Waals surface area contributed by atoms with Crippen molar-refractivity contribution >= 4 is 5.69 Å². The van der Waals surface area contributed by atoms with Crippen molar-refractivity contribution in [1.29, 1.82) is 0 Å². The second-order valence-corrected chi connectivity index (χ2v) is 3.24. The van der Waals surface area contributed by atoms with Gasteiger partial charge in [-0.15, -0.1) is 0 Å². The van der Waals surface area contributed by atoms with E-state index >= 15 is 0 Å². The number of hydrogen-bond donors (Lipinski definition) is 2. The van der Waals surface area contributed by atoms with Gasteiger partial charge in [0.15, 0.2) is 0 Å². The van der Waals surface area contributed by atoms with E-state index in [-0.39, 0.29) is 12.2 Å². The van der Waals surface area contributed by atoms with E-state index in [4.69, 9.17) is 10.8 Å². The monoisotopic (exact) mass is 199 g/mol. The Hall–Kier alpha value is -1.56. The van der Waals surface area contributed by atoms with Gasteiger partial charge in [-0.05, 0) is 6.92 Å². The Morgan fingerprint density at radius 1 is 1.57 bits per heavy atom. The Bertz CT molecular complexity index is 410. The number of aliphatic hydroxyl groups is 1. The van der Waals surface area contributed by atoms with Crippen LogP contribution in [0.2, 0.25) is 0 Å². The zero-order valence-electron chi connectivity index (χ0n) is 8.10. The fraction of sp³-hybridized carbons (Fsp3) is 0.500. The first kappa shape index (κ1) is 10.5. The molecule has 0 amide bonds. The first-order chi connectivity index (χ1) is 6.43. The first-order valence-electron chi connectivity index (χ1n) is 4.17. The summed E-state index contributed by atoms with van der Waals surface area (Å²) in [6.07, 6.45) is 0.505. The molecule has 14 heavy (non-hydrogen) atoms. The second-order valence-electron chi connectivity index (χ2n) is 3.24. The van der Waals surface area contributed by atoms with Crippen molar-refractivity contribution < 1.29 is 5.11 Å². The number of nitrogen functional groups attached to an aromatic ring is 1. The van der Waals surface area contributed by atoms with Gasteiger partial charge in [-0.3, -0.25) is 9.36 Å². The third-order valence-corrected chi connectivity index (χ3v) is 1.80. The molecule has 1 heterocycles. The summed E-state index contributed by atoms with van der Waals surface area (Å²) < 4.78 is 2.12. The van der Waals surface area contributed by atoms with Gasteiger partial charge in [-0.25, -0.2) is 4.79 Å². The van der Waals surface area contributed by atoms with Crippen molar-refractivity contribution in [2.45, 2.75) is 19.6 Å². The number of aliphatic hydroxyl groups excluding tert-OH is 1. The maximum Gasteiger partial charge on any atom is 0.330 e. The average Bonchev–Trinajstić information content (AvgIpc) is 2.09. The van der Waals surface area contributed by atoms with Crippen LogP contribution in [0.25, 0.3) is 0 Å². The highest BCUT2D eigenvalue weighted by Gasteiger charge is 2.08. The lowest BCUT2D eigenvalue weighted by Gasteiger charge is -2.09. The van der Waals surface area contributed by atoms with Crippen LogP contribution in [0.5, 0.6) is 0 Å². The summed E-state index contributed by atoms with van der Waals surface area (Å²) in [6, 6.07) is 0. The molecule has 1 rings (SSSR count). The topological polar surface area (TPSA) is 90.2 Å². The zero-order chi connectivity index (χ0) is 10.9. The number of hydrogen-bond acceptors (Lipinski definition) is 4. The van der Waals surface area contributed by atoms with Crippen molar-refractivity contribution in [3.05, 3.63) is 27.0 Å². The number of anilines is 1. The third-order valence-electron chi connectivity index (χ3n) is 1.80. The van der Waals surface area contributed by atoms with Gasteiger partial charge < -0.3 is 15.4 Å². The highest BCUT2D eigenvalue weighted by atomic mass is 16.3. The summed E-state index contributed by atoms with van der Waals surface area (Å²) in [5.41, 5.74) is 4.34. The minimum atomic E-state index is -0.762. The van der Waals surface area contributed by atoms with Crippen LogP contribution in [-0.2, 0) is 13.6 Å². The molecule has 0 radical (unpaired) electrons. The summed E-state index contributed by atoms with van der Waals surface area (Å²) in [4.78, 5) is 22.8. The van der Waals surface area contributed by atoms with E-state index in [2.05, 4.69) is 0 Å². The van der Waals surface area contributed by atoms with Crippen LogP contribution < -0.4 is 17.0 Å². The van der Waals surface area contributed by atoms with Crippen LogP contribution in [-0.4, -0.2) is 20.3 Å². The molecule has 6 heteroatoms. The van der Waals surface area contributed by atoms with Gasteiger partial charge in [0.25, 0.3) is 5.56 Å². The molecule has 0 fully saturated rings. The van der Waals surface area contributed by atoms with E-state index in [1.165, 1.54) is 24.7 Å². The van der Waals surface area contributed by atoms with E-state index in [0.717, 1.165) is 4.57 Å². The number of nitrogens with two attached hydrogens (primary N) is 1. The van der Waals surface area contributed by atoms with Gasteiger partial charge in [0, 0.05) is 13.2 Å². The van der Waals surface area contributed by atoms with Gasteiger partial charge >= 0.3 is 5.69 Å². The van der Waals surface area contributed by atoms with Crippen LogP contribution in [0.4, 0.5) is 5.69 Å². The average molecular weight is 199 g/mol. The maximum atomic E-state index is 11.4. The van der Waals surface area contributed by atoms with Gasteiger partial charge in [0.05, 0.1) is 12.6 Å². The molecule has 0 saturated heterocycles. The predicted molar refractivity (Wildman–Crippen MR) is 52.0 cm³/mol. The molecule has 0 aliphatic carbocycles. The summed E-state index contributed by atoms with van der Waals surface area (Å²) in [7, 11) is 1.50. The molecule has 1 aromatic heterocycles. The number of nitrogens with zero attached hydrogens (tertiary/aromatic N) is 2. The molecule has 3 N–H and O–H groups in total. The molecular weight excluding hydrogens is 186 g/mol. The van der Waals surface area contributed by atoms with E-state index < -0.39 is 17.4 Å². The molecule has 1 atom stereocenters. The Labute approximate surface area is 80.2 Å². The van der Waals surface area contributed by atoms with Crippen molar-refractivity contribution in [1.82, 2.24) is 9.13 Å². The quantitative estimate of drug-likeness (QED) is 0.607. The molecule has 0 spiro atoms. The Morgan fingerprint density at radius 3 is 2.64 bits per heavy atom. The van der Waals surface area contributed by atoms with Crippen LogP contribution in [0.1, 0.15) is 6.92 Å². The molecule has 6 nitrogen and oxygen atoms in total. The summed E-state index contributed by atoms with van der Waals surface area (Å²) >= 11 is 0. The maximum absolute atomic E-state index is 11.4. The summed E-state index contributed by atoms with van der Waals surface area (Å²) in [5.74, 6) is 0. The Morgan fingerprint density at radius 2 is 2.14 bits per heavy atom. The molecule has 78 valence electrons. The zero-order valence-corrected chi connectivity index (χ0v) is 8.10. The number of aryl methyl sites for hydroxylation is 1. The lowest BCUT2D eigenvalue weighted by Crippen LogP contribution is -2.41. The predicted octanol–water partition coefficient (Wildman–Crippen LogP) is -1.49. The van der Waals surface area contributed by atoms with Crippen LogP contribution >= 0.6 is 0 Å². The van der Waals surface area contributed by atoms with Crippen LogP contribution in [0.15, 0.2) is 15.8 Å². The van der Waals surface area contributed by atoms with Crippen LogP contribution in [0, 0.1) is 0 Å². The van der Waals surface area contributed by atoms with Crippen molar-refractivity contribution in [2.75, 3.05) is 5.73 Å². The summed E-state index contributed by atoms with van der Waals surface area (Å²) in [6.45, 7) is 1.45. The van der Waals surface area contributed by atoms with E-state index in [1.807, 2.05) is 0 Å². The van der Waals surface area contributed by atoms with E-state index in [0.29, 0.717) is 0 Å². The highest BCUT2D eigenvalue weighted by Crippen LogP contribution is 1.89. The standard InChI is InChI=1S/C8H13N3O3/c1-5(12)3-11-7(13)6(9)4-10(2)8(11)14/h4-5,12H,3,9H2,1-2H3. The molecule has 0 aromatic carbocycles. The number of rotatable bonds is 2. The number of aromatic nitrogens is 2. The highest BCUT2D eigenvalue weighted by molar-refractivity contribution is 5.30. The molecule has 1 unspecified atom stereocenters. The van der Waals surface area contributed by atoms with Gasteiger partial charge in [-0.1, -0.05) is 0 Å². The minimum Gasteiger partial charge on any atom is -0.393 e. The molecule has 0 saturated carbocycles. The first-order valence-corrected chi connectivity index (χ1v) is 4.17. The van der Waals surface area contributed by atoms with Crippen molar-refractivity contribution in [3.63, 3.8) is 0 Å². The summed E-state index contributed by atoms with van der Waals surface area (Å²) in [5, 5.41) is 9.09. The lowest BCUT2D eigenvalue weighted by molar-refractivity contribution is 0.169. The van der Waals surface area contributed by atoms with E-state index in [1.54, 1.807) is 0 Å². The Kier molecular flexibility index (Phi) is 2.76. The smallest absolute Gasteiger partial charge is 0.330 e. The third kappa shape index (κ3) is 1.85.